The predicted octanol–water partition coefficient (Wildman–Crippen LogP) is 0.230. The van der Waals surface area contributed by atoms with Crippen molar-refractivity contribution in [3.8, 4) is 0 Å². The van der Waals surface area contributed by atoms with Crippen molar-refractivity contribution in [1.29, 1.82) is 0 Å². The van der Waals surface area contributed by atoms with E-state index in [0.29, 0.717) is 6.54 Å². The fourth-order valence-electron chi connectivity index (χ4n) is 1.04. The number of nitrogen functional groups attached to an aromatic ring is 1. The van der Waals surface area contributed by atoms with Gasteiger partial charge in [0, 0.05) is 0 Å². The first-order valence-corrected chi connectivity index (χ1v) is 6.09. The van der Waals surface area contributed by atoms with Gasteiger partial charge in [0.15, 0.2) is 5.82 Å². The molecule has 0 saturated carbocycles. The second-order valence-electron chi connectivity index (χ2n) is 3.30. The second kappa shape index (κ2) is 4.01. The number of hydrogen-bond donors (Lipinski definition) is 1. The molecule has 0 radical (unpaired) electrons. The van der Waals surface area contributed by atoms with Crippen LogP contribution in [-0.4, -0.2) is 29.2 Å². The van der Waals surface area contributed by atoms with Crippen molar-refractivity contribution in [3.63, 3.8) is 0 Å². The standard InChI is InChI=1S/C8H14N4O2S/c1-4-15(13,14)8-7(9)12(11-10-8)5-6(2)3/h2,4-5,9H2,1,3H3. The topological polar surface area (TPSA) is 90.9 Å². The van der Waals surface area contributed by atoms with Gasteiger partial charge in [0.25, 0.3) is 0 Å². The van der Waals surface area contributed by atoms with E-state index < -0.39 is 9.84 Å². The Morgan fingerprint density at radius 1 is 1.60 bits per heavy atom. The number of aromatic nitrogens is 3. The quantitative estimate of drug-likeness (QED) is 0.748. The molecule has 15 heavy (non-hydrogen) atoms. The number of nitrogens with zero attached hydrogens (tertiary/aromatic N) is 3. The van der Waals surface area contributed by atoms with Crippen LogP contribution < -0.4 is 5.73 Å². The molecule has 0 spiro atoms. The number of anilines is 1. The van der Waals surface area contributed by atoms with E-state index in [4.69, 9.17) is 5.73 Å². The summed E-state index contributed by atoms with van der Waals surface area (Å²) >= 11 is 0. The minimum atomic E-state index is -3.39. The van der Waals surface area contributed by atoms with Crippen LogP contribution in [0.3, 0.4) is 0 Å². The van der Waals surface area contributed by atoms with Gasteiger partial charge in [-0.2, -0.15) is 0 Å². The van der Waals surface area contributed by atoms with Crippen LogP contribution in [0.25, 0.3) is 0 Å². The van der Waals surface area contributed by atoms with Gasteiger partial charge in [-0.25, -0.2) is 13.1 Å². The number of sulfone groups is 1. The van der Waals surface area contributed by atoms with E-state index in [1.165, 1.54) is 11.6 Å². The van der Waals surface area contributed by atoms with Crippen LogP contribution in [0.15, 0.2) is 17.2 Å². The lowest BCUT2D eigenvalue weighted by molar-refractivity contribution is 0.593. The maximum absolute atomic E-state index is 11.5. The Labute approximate surface area is 88.7 Å². The zero-order valence-corrected chi connectivity index (χ0v) is 9.58. The molecule has 0 unspecified atom stereocenters. The Hall–Kier alpha value is -1.37. The summed E-state index contributed by atoms with van der Waals surface area (Å²) in [5, 5.41) is 7.09. The van der Waals surface area contributed by atoms with Gasteiger partial charge in [-0.1, -0.05) is 24.3 Å². The monoisotopic (exact) mass is 230 g/mol. The Morgan fingerprint density at radius 3 is 2.67 bits per heavy atom. The molecule has 0 atom stereocenters. The van der Waals surface area contributed by atoms with Gasteiger partial charge < -0.3 is 5.73 Å². The van der Waals surface area contributed by atoms with Crippen LogP contribution in [-0.2, 0) is 16.4 Å². The van der Waals surface area contributed by atoms with Crippen LogP contribution in [0.5, 0.6) is 0 Å². The number of nitrogens with two attached hydrogens (primary N) is 1. The van der Waals surface area contributed by atoms with E-state index >= 15 is 0 Å². The Kier molecular flexibility index (Phi) is 3.13. The first-order valence-electron chi connectivity index (χ1n) is 4.44. The van der Waals surface area contributed by atoms with Crippen molar-refractivity contribution in [3.05, 3.63) is 12.2 Å². The van der Waals surface area contributed by atoms with Gasteiger partial charge in [0.1, 0.15) is 0 Å². The molecule has 1 rings (SSSR count). The van der Waals surface area contributed by atoms with Crippen molar-refractivity contribution < 1.29 is 8.42 Å². The number of rotatable bonds is 4. The van der Waals surface area contributed by atoms with Crippen LogP contribution in [0.2, 0.25) is 0 Å². The van der Waals surface area contributed by atoms with Crippen molar-refractivity contribution in [2.75, 3.05) is 11.5 Å². The highest BCUT2D eigenvalue weighted by atomic mass is 32.2. The van der Waals surface area contributed by atoms with Gasteiger partial charge >= 0.3 is 0 Å². The highest BCUT2D eigenvalue weighted by Gasteiger charge is 2.21. The summed E-state index contributed by atoms with van der Waals surface area (Å²) in [7, 11) is -3.39. The van der Waals surface area contributed by atoms with Gasteiger partial charge in [-0.15, -0.1) is 5.10 Å². The molecule has 0 fully saturated rings. The summed E-state index contributed by atoms with van der Waals surface area (Å²) in [5.41, 5.74) is 6.46. The third-order valence-electron chi connectivity index (χ3n) is 1.84. The van der Waals surface area contributed by atoms with Crippen LogP contribution in [0, 0.1) is 0 Å². The Balaban J connectivity index is 3.15. The largest absolute Gasteiger partial charge is 0.381 e. The maximum atomic E-state index is 11.5. The normalized spacial score (nSPS) is 11.6. The molecular formula is C8H14N4O2S. The zero-order valence-electron chi connectivity index (χ0n) is 8.77. The average Bonchev–Trinajstić information content (AvgIpc) is 2.48. The van der Waals surface area contributed by atoms with Crippen LogP contribution in [0.1, 0.15) is 13.8 Å². The molecule has 1 aromatic rings. The lowest BCUT2D eigenvalue weighted by Gasteiger charge is -2.02. The molecule has 7 heteroatoms. The third kappa shape index (κ3) is 2.35. The molecule has 84 valence electrons. The number of allylic oxidation sites excluding steroid dienone is 1. The molecule has 1 aromatic heterocycles. The summed E-state index contributed by atoms with van der Waals surface area (Å²) in [5.74, 6) is 0.0306. The molecule has 0 bridgehead atoms. The highest BCUT2D eigenvalue weighted by molar-refractivity contribution is 7.91. The lowest BCUT2D eigenvalue weighted by atomic mass is 10.3. The molecule has 6 nitrogen and oxygen atoms in total. The Bertz CT molecular complexity index is 475. The van der Waals surface area contributed by atoms with Crippen molar-refractivity contribution in [2.24, 2.45) is 0 Å². The van der Waals surface area contributed by atoms with E-state index in [-0.39, 0.29) is 16.6 Å². The van der Waals surface area contributed by atoms with Crippen molar-refractivity contribution in [1.82, 2.24) is 15.0 Å². The molecular weight excluding hydrogens is 216 g/mol. The molecule has 1 heterocycles. The average molecular weight is 230 g/mol. The highest BCUT2D eigenvalue weighted by Crippen LogP contribution is 2.16. The Morgan fingerprint density at radius 2 is 2.20 bits per heavy atom. The van der Waals surface area contributed by atoms with Crippen LogP contribution in [0.4, 0.5) is 5.82 Å². The van der Waals surface area contributed by atoms with Gasteiger partial charge in [0.05, 0.1) is 12.3 Å². The van der Waals surface area contributed by atoms with E-state index in [2.05, 4.69) is 16.9 Å². The van der Waals surface area contributed by atoms with E-state index in [0.717, 1.165) is 5.57 Å². The summed E-state index contributed by atoms with van der Waals surface area (Å²) in [6.07, 6.45) is 0. The maximum Gasteiger partial charge on any atom is 0.220 e. The lowest BCUT2D eigenvalue weighted by Crippen LogP contribution is -2.10. The van der Waals surface area contributed by atoms with Crippen molar-refractivity contribution >= 4 is 15.7 Å². The minimum absolute atomic E-state index is 0.0387. The molecule has 0 aromatic carbocycles. The first kappa shape index (κ1) is 11.7. The summed E-state index contributed by atoms with van der Waals surface area (Å²) in [6, 6.07) is 0. The summed E-state index contributed by atoms with van der Waals surface area (Å²) < 4.78 is 24.3. The SMILES string of the molecule is C=C(C)Cn1nnc(S(=O)(=O)CC)c1N. The second-order valence-corrected chi connectivity index (χ2v) is 5.49. The smallest absolute Gasteiger partial charge is 0.220 e. The van der Waals surface area contributed by atoms with Gasteiger partial charge in [0.2, 0.25) is 14.9 Å². The van der Waals surface area contributed by atoms with E-state index in [1.807, 2.05) is 0 Å². The number of hydrogen-bond acceptors (Lipinski definition) is 5. The summed E-state index contributed by atoms with van der Waals surface area (Å²) in [4.78, 5) is 0. The summed E-state index contributed by atoms with van der Waals surface area (Å²) in [6.45, 7) is 7.40. The first-order chi connectivity index (χ1) is 6.88. The molecule has 0 aliphatic rings. The predicted molar refractivity (Wildman–Crippen MR) is 57.0 cm³/mol. The fraction of sp³-hybridized carbons (Fsp3) is 0.500. The van der Waals surface area contributed by atoms with Crippen LogP contribution >= 0.6 is 0 Å². The van der Waals surface area contributed by atoms with Gasteiger partial charge in [-0.3, -0.25) is 0 Å². The molecule has 0 aliphatic heterocycles. The van der Waals surface area contributed by atoms with Crippen molar-refractivity contribution in [2.45, 2.75) is 25.4 Å². The fourth-order valence-corrected chi connectivity index (χ4v) is 1.89. The van der Waals surface area contributed by atoms with E-state index in [1.54, 1.807) is 6.92 Å². The molecule has 0 saturated heterocycles. The zero-order chi connectivity index (χ0) is 11.6. The van der Waals surface area contributed by atoms with Gasteiger partial charge in [-0.05, 0) is 6.92 Å². The minimum Gasteiger partial charge on any atom is -0.381 e. The van der Waals surface area contributed by atoms with E-state index in [9.17, 15) is 8.42 Å². The molecule has 0 aliphatic carbocycles. The third-order valence-corrected chi connectivity index (χ3v) is 3.48. The molecule has 2 N–H and O–H groups in total. The molecule has 0 amide bonds.